The zero-order chi connectivity index (χ0) is 12.7. The van der Waals surface area contributed by atoms with Gasteiger partial charge in [-0.1, -0.05) is 13.3 Å². The molecule has 1 saturated heterocycles. The lowest BCUT2D eigenvalue weighted by Crippen LogP contribution is -2.37. The highest BCUT2D eigenvalue weighted by Gasteiger charge is 2.34. The summed E-state index contributed by atoms with van der Waals surface area (Å²) in [7, 11) is 1.90. The van der Waals surface area contributed by atoms with Gasteiger partial charge in [-0.2, -0.15) is 0 Å². The van der Waals surface area contributed by atoms with E-state index in [4.69, 9.17) is 10.5 Å². The molecule has 0 saturated carbocycles. The normalized spacial score (nSPS) is 23.9. The number of unbranched alkanes of at least 4 members (excludes halogenated alkanes) is 2. The second-order valence-corrected chi connectivity index (χ2v) is 4.82. The van der Waals surface area contributed by atoms with Crippen molar-refractivity contribution in [2.45, 2.75) is 45.1 Å². The van der Waals surface area contributed by atoms with Gasteiger partial charge in [0.05, 0.1) is 12.0 Å². The highest BCUT2D eigenvalue weighted by Crippen LogP contribution is 2.25. The number of carbonyl (C=O) groups excluding carboxylic acids is 1. The van der Waals surface area contributed by atoms with Crippen molar-refractivity contribution < 1.29 is 9.53 Å². The third-order valence-electron chi connectivity index (χ3n) is 3.50. The van der Waals surface area contributed by atoms with Crippen molar-refractivity contribution in [2.75, 3.05) is 26.7 Å². The largest absolute Gasteiger partial charge is 0.377 e. The van der Waals surface area contributed by atoms with Crippen LogP contribution in [0.1, 0.15) is 39.0 Å². The molecule has 4 heteroatoms. The van der Waals surface area contributed by atoms with Crippen molar-refractivity contribution in [3.05, 3.63) is 0 Å². The zero-order valence-corrected chi connectivity index (χ0v) is 11.2. The third kappa shape index (κ3) is 4.28. The summed E-state index contributed by atoms with van der Waals surface area (Å²) in [6, 6.07) is 0. The summed E-state index contributed by atoms with van der Waals surface area (Å²) < 4.78 is 5.57. The summed E-state index contributed by atoms with van der Waals surface area (Å²) in [6.07, 6.45) is 5.14. The first-order valence-corrected chi connectivity index (χ1v) is 6.77. The van der Waals surface area contributed by atoms with Crippen LogP contribution in [-0.2, 0) is 9.53 Å². The molecule has 2 unspecified atom stereocenters. The van der Waals surface area contributed by atoms with Gasteiger partial charge in [0.2, 0.25) is 5.91 Å². The summed E-state index contributed by atoms with van der Waals surface area (Å²) in [4.78, 5) is 14.1. The number of hydrogen-bond acceptors (Lipinski definition) is 3. The molecule has 1 rings (SSSR count). The van der Waals surface area contributed by atoms with Gasteiger partial charge in [-0.05, 0) is 32.2 Å². The zero-order valence-electron chi connectivity index (χ0n) is 11.2. The Labute approximate surface area is 104 Å². The Bertz CT molecular complexity index is 233. The van der Waals surface area contributed by atoms with Crippen molar-refractivity contribution >= 4 is 5.91 Å². The minimum atomic E-state index is 0.0829. The molecule has 1 heterocycles. The molecule has 0 aromatic heterocycles. The monoisotopic (exact) mass is 242 g/mol. The van der Waals surface area contributed by atoms with Crippen LogP contribution in [0.2, 0.25) is 0 Å². The van der Waals surface area contributed by atoms with Crippen molar-refractivity contribution in [1.82, 2.24) is 4.90 Å². The summed E-state index contributed by atoms with van der Waals surface area (Å²) in [5, 5.41) is 0. The number of amides is 1. The lowest BCUT2D eigenvalue weighted by Gasteiger charge is -2.23. The molecule has 0 radical (unpaired) electrons. The van der Waals surface area contributed by atoms with Gasteiger partial charge in [0, 0.05) is 20.2 Å². The molecule has 100 valence electrons. The molecule has 0 aromatic rings. The minimum absolute atomic E-state index is 0.0829. The van der Waals surface area contributed by atoms with Gasteiger partial charge in [-0.3, -0.25) is 4.79 Å². The predicted octanol–water partition coefficient (Wildman–Crippen LogP) is 1.39. The number of nitrogens with zero attached hydrogens (tertiary/aromatic N) is 1. The number of nitrogens with two attached hydrogens (primary N) is 1. The van der Waals surface area contributed by atoms with Gasteiger partial charge in [0.25, 0.3) is 0 Å². The van der Waals surface area contributed by atoms with Gasteiger partial charge < -0.3 is 15.4 Å². The van der Waals surface area contributed by atoms with Gasteiger partial charge in [-0.15, -0.1) is 0 Å². The van der Waals surface area contributed by atoms with E-state index in [0.29, 0.717) is 0 Å². The van der Waals surface area contributed by atoms with Crippen molar-refractivity contribution in [2.24, 2.45) is 11.7 Å². The summed E-state index contributed by atoms with van der Waals surface area (Å²) >= 11 is 0. The van der Waals surface area contributed by atoms with Gasteiger partial charge in [0.15, 0.2) is 0 Å². The first-order valence-electron chi connectivity index (χ1n) is 6.77. The topological polar surface area (TPSA) is 55.6 Å². The molecule has 0 aliphatic carbocycles. The fraction of sp³-hybridized carbons (Fsp3) is 0.923. The third-order valence-corrected chi connectivity index (χ3v) is 3.50. The molecule has 0 bridgehead atoms. The maximum atomic E-state index is 12.2. The van der Waals surface area contributed by atoms with E-state index in [1.165, 1.54) is 0 Å². The number of rotatable bonds is 7. The molecule has 1 aliphatic heterocycles. The Balaban J connectivity index is 2.30. The second kappa shape index (κ2) is 7.67. The van der Waals surface area contributed by atoms with E-state index in [0.717, 1.165) is 51.8 Å². The maximum Gasteiger partial charge on any atom is 0.228 e. The summed E-state index contributed by atoms with van der Waals surface area (Å²) in [5.74, 6) is 0.335. The Morgan fingerprint density at radius 2 is 2.18 bits per heavy atom. The predicted molar refractivity (Wildman–Crippen MR) is 68.7 cm³/mol. The molecule has 4 nitrogen and oxygen atoms in total. The average Bonchev–Trinajstić information content (AvgIpc) is 2.81. The van der Waals surface area contributed by atoms with E-state index in [-0.39, 0.29) is 17.9 Å². The quantitative estimate of drug-likeness (QED) is 0.686. The number of carbonyl (C=O) groups is 1. The van der Waals surface area contributed by atoms with Crippen LogP contribution in [0.5, 0.6) is 0 Å². The van der Waals surface area contributed by atoms with E-state index in [1.807, 2.05) is 11.9 Å². The Hall–Kier alpha value is -0.610. The smallest absolute Gasteiger partial charge is 0.228 e. The standard InChI is InChI=1S/C13H26N2O2/c1-3-12-11(7-10-17-12)13(16)15(2)9-6-4-5-8-14/h11-12H,3-10,14H2,1-2H3. The molecule has 17 heavy (non-hydrogen) atoms. The molecular formula is C13H26N2O2. The van der Waals surface area contributed by atoms with Crippen LogP contribution in [0.25, 0.3) is 0 Å². The Kier molecular flexibility index (Phi) is 6.52. The number of hydrogen-bond donors (Lipinski definition) is 1. The van der Waals surface area contributed by atoms with Crippen LogP contribution in [-0.4, -0.2) is 43.7 Å². The lowest BCUT2D eigenvalue weighted by molar-refractivity contribution is -0.136. The van der Waals surface area contributed by atoms with Crippen LogP contribution in [0, 0.1) is 5.92 Å². The molecule has 2 N–H and O–H groups in total. The minimum Gasteiger partial charge on any atom is -0.377 e. The maximum absolute atomic E-state index is 12.2. The average molecular weight is 242 g/mol. The molecule has 0 spiro atoms. The first kappa shape index (κ1) is 14.5. The molecule has 1 amide bonds. The summed E-state index contributed by atoms with van der Waals surface area (Å²) in [5.41, 5.74) is 5.44. The van der Waals surface area contributed by atoms with Crippen LogP contribution in [0.15, 0.2) is 0 Å². The van der Waals surface area contributed by atoms with E-state index < -0.39 is 0 Å². The highest BCUT2D eigenvalue weighted by atomic mass is 16.5. The van der Waals surface area contributed by atoms with Gasteiger partial charge in [0.1, 0.15) is 0 Å². The molecule has 2 atom stereocenters. The van der Waals surface area contributed by atoms with Crippen LogP contribution in [0.4, 0.5) is 0 Å². The van der Waals surface area contributed by atoms with Crippen LogP contribution < -0.4 is 5.73 Å². The Morgan fingerprint density at radius 1 is 1.41 bits per heavy atom. The molecule has 0 aromatic carbocycles. The highest BCUT2D eigenvalue weighted by molar-refractivity contribution is 5.79. The van der Waals surface area contributed by atoms with Gasteiger partial charge >= 0.3 is 0 Å². The first-order chi connectivity index (χ1) is 8.20. The molecule has 1 fully saturated rings. The van der Waals surface area contributed by atoms with Crippen molar-refractivity contribution in [3.63, 3.8) is 0 Å². The van der Waals surface area contributed by atoms with Crippen molar-refractivity contribution in [3.8, 4) is 0 Å². The van der Waals surface area contributed by atoms with E-state index >= 15 is 0 Å². The number of ether oxygens (including phenoxy) is 1. The fourth-order valence-corrected chi connectivity index (χ4v) is 2.40. The fourth-order valence-electron chi connectivity index (χ4n) is 2.40. The Morgan fingerprint density at radius 3 is 2.82 bits per heavy atom. The van der Waals surface area contributed by atoms with Gasteiger partial charge in [-0.25, -0.2) is 0 Å². The van der Waals surface area contributed by atoms with Crippen LogP contribution >= 0.6 is 0 Å². The van der Waals surface area contributed by atoms with E-state index in [2.05, 4.69) is 6.92 Å². The van der Waals surface area contributed by atoms with E-state index in [1.54, 1.807) is 0 Å². The molecule has 1 aliphatic rings. The molecular weight excluding hydrogens is 216 g/mol. The SMILES string of the molecule is CCC1OCCC1C(=O)N(C)CCCCCN. The second-order valence-electron chi connectivity index (χ2n) is 4.82. The van der Waals surface area contributed by atoms with E-state index in [9.17, 15) is 4.79 Å². The lowest BCUT2D eigenvalue weighted by atomic mass is 9.98. The van der Waals surface area contributed by atoms with Crippen molar-refractivity contribution in [1.29, 1.82) is 0 Å². The van der Waals surface area contributed by atoms with Crippen LogP contribution in [0.3, 0.4) is 0 Å². The summed E-state index contributed by atoms with van der Waals surface area (Å²) in [6.45, 7) is 4.39.